The van der Waals surface area contributed by atoms with E-state index in [-0.39, 0.29) is 17.7 Å². The maximum absolute atomic E-state index is 13.3. The SMILES string of the molecule is NC(=Nc1ccc(F)c(Br)c1)c1nonc1NC1CC2CCC(C1)O2. The van der Waals surface area contributed by atoms with Crippen molar-refractivity contribution in [1.29, 1.82) is 0 Å². The Balaban J connectivity index is 1.52. The summed E-state index contributed by atoms with van der Waals surface area (Å²) in [5.41, 5.74) is 6.90. The van der Waals surface area contributed by atoms with Gasteiger partial charge in [-0.15, -0.1) is 0 Å². The molecule has 2 bridgehead atoms. The van der Waals surface area contributed by atoms with Crippen molar-refractivity contribution in [2.24, 2.45) is 10.7 Å². The standard InChI is InChI=1S/C16H17BrFN5O2/c17-12-7-8(1-4-13(12)18)20-15(19)14-16(23-25-22-14)21-9-5-10-2-3-11(6-9)24-10/h1,4,7,9-11H,2-3,5-6H2,(H2,19,20)(H,21,23). The van der Waals surface area contributed by atoms with Crippen LogP contribution in [0.4, 0.5) is 15.9 Å². The number of benzene rings is 1. The van der Waals surface area contributed by atoms with Gasteiger partial charge in [0.25, 0.3) is 0 Å². The third kappa shape index (κ3) is 3.52. The van der Waals surface area contributed by atoms with Gasteiger partial charge in [0, 0.05) is 6.04 Å². The Morgan fingerprint density at radius 3 is 2.76 bits per heavy atom. The Bertz CT molecular complexity index is 800. The van der Waals surface area contributed by atoms with Crippen LogP contribution in [0.25, 0.3) is 0 Å². The van der Waals surface area contributed by atoms with Crippen molar-refractivity contribution in [3.8, 4) is 0 Å². The van der Waals surface area contributed by atoms with E-state index in [0.717, 1.165) is 25.7 Å². The second kappa shape index (κ2) is 6.72. The molecular formula is C16H17BrFN5O2. The summed E-state index contributed by atoms with van der Waals surface area (Å²) in [5.74, 6) is 0.253. The zero-order valence-corrected chi connectivity index (χ0v) is 14.9. The number of nitrogens with zero attached hydrogens (tertiary/aromatic N) is 3. The minimum atomic E-state index is -0.364. The summed E-state index contributed by atoms with van der Waals surface area (Å²) in [6.45, 7) is 0. The number of aliphatic imine (C=N–C) groups is 1. The number of fused-ring (bicyclic) bond motifs is 2. The fraction of sp³-hybridized carbons (Fsp3) is 0.438. The van der Waals surface area contributed by atoms with E-state index in [1.165, 1.54) is 12.1 Å². The van der Waals surface area contributed by atoms with Gasteiger partial charge in [-0.3, -0.25) is 0 Å². The van der Waals surface area contributed by atoms with Crippen molar-refractivity contribution in [2.45, 2.75) is 43.9 Å². The average molecular weight is 410 g/mol. The van der Waals surface area contributed by atoms with Gasteiger partial charge in [0.1, 0.15) is 5.82 Å². The van der Waals surface area contributed by atoms with Crippen LogP contribution < -0.4 is 11.1 Å². The molecule has 7 nitrogen and oxygen atoms in total. The molecule has 3 N–H and O–H groups in total. The fourth-order valence-corrected chi connectivity index (χ4v) is 3.73. The number of ether oxygens (including phenoxy) is 1. The Morgan fingerprint density at radius 1 is 1.28 bits per heavy atom. The monoisotopic (exact) mass is 409 g/mol. The maximum atomic E-state index is 13.3. The normalized spacial score (nSPS) is 26.0. The van der Waals surface area contributed by atoms with Crippen molar-refractivity contribution in [3.05, 3.63) is 34.2 Å². The van der Waals surface area contributed by atoms with Gasteiger partial charge in [-0.1, -0.05) is 0 Å². The highest BCUT2D eigenvalue weighted by Gasteiger charge is 2.35. The van der Waals surface area contributed by atoms with E-state index in [0.29, 0.717) is 33.9 Å². The second-order valence-electron chi connectivity index (χ2n) is 6.33. The van der Waals surface area contributed by atoms with Crippen LogP contribution >= 0.6 is 15.9 Å². The predicted octanol–water partition coefficient (Wildman–Crippen LogP) is 3.13. The average Bonchev–Trinajstić information content (AvgIpc) is 3.17. The van der Waals surface area contributed by atoms with Gasteiger partial charge < -0.3 is 15.8 Å². The highest BCUT2D eigenvalue weighted by atomic mass is 79.9. The zero-order valence-electron chi connectivity index (χ0n) is 13.3. The lowest BCUT2D eigenvalue weighted by molar-refractivity contribution is 0.000615. The Kier molecular flexibility index (Phi) is 4.43. The van der Waals surface area contributed by atoms with E-state index >= 15 is 0 Å². The van der Waals surface area contributed by atoms with Gasteiger partial charge in [0.2, 0.25) is 5.82 Å². The molecule has 0 amide bonds. The summed E-state index contributed by atoms with van der Waals surface area (Å²) >= 11 is 3.13. The number of halogens is 2. The molecule has 4 rings (SSSR count). The first-order chi connectivity index (χ1) is 12.1. The van der Waals surface area contributed by atoms with Crippen LogP contribution in [0.2, 0.25) is 0 Å². The van der Waals surface area contributed by atoms with Gasteiger partial charge in [-0.05, 0) is 70.1 Å². The number of nitrogens with two attached hydrogens (primary N) is 1. The molecule has 0 spiro atoms. The number of aromatic nitrogens is 2. The van der Waals surface area contributed by atoms with Crippen LogP contribution in [-0.2, 0) is 4.74 Å². The van der Waals surface area contributed by atoms with Crippen molar-refractivity contribution >= 4 is 33.3 Å². The third-order valence-corrected chi connectivity index (χ3v) is 5.12. The topological polar surface area (TPSA) is 98.6 Å². The molecule has 1 aromatic carbocycles. The fourth-order valence-electron chi connectivity index (χ4n) is 3.37. The molecule has 2 atom stereocenters. The number of hydrogen-bond donors (Lipinski definition) is 2. The molecule has 2 aliphatic heterocycles. The molecule has 2 aromatic rings. The van der Waals surface area contributed by atoms with Crippen molar-refractivity contribution < 1.29 is 13.8 Å². The lowest BCUT2D eigenvalue weighted by Gasteiger charge is -2.28. The first-order valence-electron chi connectivity index (χ1n) is 8.12. The van der Waals surface area contributed by atoms with Gasteiger partial charge >= 0.3 is 0 Å². The van der Waals surface area contributed by atoms with E-state index in [9.17, 15) is 4.39 Å². The summed E-state index contributed by atoms with van der Waals surface area (Å²) in [5, 5.41) is 11.1. The highest BCUT2D eigenvalue weighted by Crippen LogP contribution is 2.34. The highest BCUT2D eigenvalue weighted by molar-refractivity contribution is 9.10. The first-order valence-corrected chi connectivity index (χ1v) is 8.92. The lowest BCUT2D eigenvalue weighted by atomic mass is 10.0. The summed E-state index contributed by atoms with van der Waals surface area (Å²) in [7, 11) is 0. The molecule has 3 heterocycles. The third-order valence-electron chi connectivity index (χ3n) is 4.52. The molecule has 132 valence electrons. The lowest BCUT2D eigenvalue weighted by Crippen LogP contribution is -2.34. The Labute approximate surface area is 151 Å². The van der Waals surface area contributed by atoms with Crippen LogP contribution in [0, 0.1) is 5.82 Å². The quantitative estimate of drug-likeness (QED) is 0.594. The largest absolute Gasteiger partial charge is 0.382 e. The van der Waals surface area contributed by atoms with E-state index in [4.69, 9.17) is 15.1 Å². The number of amidine groups is 1. The molecule has 1 aromatic heterocycles. The minimum absolute atomic E-state index is 0.150. The van der Waals surface area contributed by atoms with E-state index in [1.807, 2.05) is 0 Å². The van der Waals surface area contributed by atoms with Crippen molar-refractivity contribution in [3.63, 3.8) is 0 Å². The van der Waals surface area contributed by atoms with Crippen LogP contribution in [0.3, 0.4) is 0 Å². The van der Waals surface area contributed by atoms with E-state index < -0.39 is 0 Å². The smallest absolute Gasteiger partial charge is 0.202 e. The molecule has 0 aliphatic carbocycles. The first kappa shape index (κ1) is 16.5. The van der Waals surface area contributed by atoms with Crippen LogP contribution in [0.15, 0.2) is 32.3 Å². The zero-order chi connectivity index (χ0) is 17.4. The number of hydrogen-bond acceptors (Lipinski definition) is 6. The van der Waals surface area contributed by atoms with Crippen molar-refractivity contribution in [2.75, 3.05) is 5.32 Å². The van der Waals surface area contributed by atoms with E-state index in [2.05, 4.69) is 36.6 Å². The van der Waals surface area contributed by atoms with Crippen molar-refractivity contribution in [1.82, 2.24) is 10.3 Å². The molecule has 9 heteroatoms. The van der Waals surface area contributed by atoms with Crippen LogP contribution in [0.5, 0.6) is 0 Å². The maximum Gasteiger partial charge on any atom is 0.202 e. The molecule has 25 heavy (non-hydrogen) atoms. The van der Waals surface area contributed by atoms with Gasteiger partial charge in [-0.2, -0.15) is 0 Å². The Morgan fingerprint density at radius 2 is 2.04 bits per heavy atom. The van der Waals surface area contributed by atoms with Crippen LogP contribution in [-0.4, -0.2) is 34.4 Å². The molecule has 2 saturated heterocycles. The minimum Gasteiger partial charge on any atom is -0.382 e. The molecule has 2 unspecified atom stereocenters. The summed E-state index contributed by atoms with van der Waals surface area (Å²) in [6, 6.07) is 4.63. The summed E-state index contributed by atoms with van der Waals surface area (Å²) in [6.07, 6.45) is 4.67. The Hall–Kier alpha value is -2.00. The molecular weight excluding hydrogens is 393 g/mol. The summed E-state index contributed by atoms with van der Waals surface area (Å²) in [4.78, 5) is 4.27. The second-order valence-corrected chi connectivity index (χ2v) is 7.18. The molecule has 2 aliphatic rings. The van der Waals surface area contributed by atoms with Crippen LogP contribution in [0.1, 0.15) is 31.4 Å². The van der Waals surface area contributed by atoms with E-state index in [1.54, 1.807) is 6.07 Å². The molecule has 2 fully saturated rings. The number of anilines is 1. The van der Waals surface area contributed by atoms with Gasteiger partial charge in [-0.25, -0.2) is 14.0 Å². The summed E-state index contributed by atoms with van der Waals surface area (Å²) < 4.78 is 24.3. The number of rotatable bonds is 4. The van der Waals surface area contributed by atoms with Gasteiger partial charge in [0.15, 0.2) is 11.5 Å². The molecule has 0 radical (unpaired) electrons. The predicted molar refractivity (Wildman–Crippen MR) is 93.3 cm³/mol. The number of nitrogens with one attached hydrogen (secondary N) is 1. The van der Waals surface area contributed by atoms with Gasteiger partial charge in [0.05, 0.1) is 22.4 Å². The molecule has 0 saturated carbocycles.